The molecule has 4 heterocycles. The number of carbonyl (C=O) groups is 6. The predicted molar refractivity (Wildman–Crippen MR) is 250 cm³/mol. The van der Waals surface area contributed by atoms with E-state index in [0.29, 0.717) is 112 Å². The number of benzene rings is 2. The van der Waals surface area contributed by atoms with E-state index in [9.17, 15) is 28.8 Å². The van der Waals surface area contributed by atoms with Gasteiger partial charge in [-0.05, 0) is 63.1 Å². The average Bonchev–Trinajstić information content (AvgIpc) is 3.98. The Labute approximate surface area is 392 Å². The lowest BCUT2D eigenvalue weighted by Gasteiger charge is -2.43. The number of anilines is 3. The van der Waals surface area contributed by atoms with Crippen LogP contribution in [0.25, 0.3) is 0 Å². The number of nitrogens with zero attached hydrogens (tertiary/aromatic N) is 5. The van der Waals surface area contributed by atoms with Crippen molar-refractivity contribution in [2.75, 3.05) is 68.9 Å². The van der Waals surface area contributed by atoms with Gasteiger partial charge in [0, 0.05) is 86.5 Å². The standard InChI is InChI=1S/C50H65N7O10/c1-4-39-50(63)55(2)41-31-51-44(53-47(41)57(39)35-13-8-9-14-35)30-34-20-19-33(29-43(34)64-3)42(58)17-12-24-66-26-28-67-27-25-65-23-10-6-5-7-18-45(59)52-38-16-11-15-36-37(38)32-56(49(36)62)40-21-22-46(60)54-48(40)61/h11,15-16,19-20,29,31,35,39-40H,4-10,12-14,17-18,21-28,30,32H2,1-3H3,(H,52,59)(H,54,60,61)/t39-,40?/m1/s1. The number of methoxy groups -OCH3 is 1. The van der Waals surface area contributed by atoms with E-state index in [1.54, 1.807) is 49.5 Å². The highest BCUT2D eigenvalue weighted by molar-refractivity contribution is 6.07. The number of aromatic nitrogens is 2. The molecule has 0 radical (unpaired) electrons. The average molecular weight is 924 g/mol. The monoisotopic (exact) mass is 923 g/mol. The molecular formula is C50H65N7O10. The number of carbonyl (C=O) groups excluding carboxylic acids is 6. The highest BCUT2D eigenvalue weighted by Gasteiger charge is 2.42. The number of imide groups is 1. The molecule has 7 rings (SSSR count). The topological polar surface area (TPSA) is 199 Å². The lowest BCUT2D eigenvalue weighted by molar-refractivity contribution is -0.137. The summed E-state index contributed by atoms with van der Waals surface area (Å²) in [6.45, 7) is 5.08. The normalized spacial score (nSPS) is 18.3. The van der Waals surface area contributed by atoms with Crippen molar-refractivity contribution < 1.29 is 47.7 Å². The first-order valence-electron chi connectivity index (χ1n) is 24.0. The number of amides is 5. The minimum atomic E-state index is -0.707. The summed E-state index contributed by atoms with van der Waals surface area (Å²) in [4.78, 5) is 91.2. The zero-order chi connectivity index (χ0) is 47.3. The number of nitrogens with one attached hydrogen (secondary N) is 2. The number of rotatable bonds is 25. The molecule has 1 saturated heterocycles. The van der Waals surface area contributed by atoms with E-state index in [1.807, 2.05) is 12.1 Å². The first-order chi connectivity index (χ1) is 32.6. The molecule has 5 amide bonds. The Kier molecular flexibility index (Phi) is 17.4. The lowest BCUT2D eigenvalue weighted by atomic mass is 10.0. The SMILES string of the molecule is CC[C@@H]1C(=O)N(C)c2cnc(Cc3ccc(C(=O)CCCOCCOCCOCCCCCCC(=O)Nc4cccc5c4CN(C4CCC(=O)NC4=O)C5=O)cc3OC)nc2N1C1CCCC1. The van der Waals surface area contributed by atoms with Crippen molar-refractivity contribution in [1.82, 2.24) is 20.2 Å². The maximum atomic E-state index is 13.3. The van der Waals surface area contributed by atoms with Gasteiger partial charge in [-0.25, -0.2) is 9.97 Å². The Morgan fingerprint density at radius 1 is 0.866 bits per heavy atom. The van der Waals surface area contributed by atoms with E-state index in [0.717, 1.165) is 68.4 Å². The number of ether oxygens (including phenoxy) is 4. The minimum Gasteiger partial charge on any atom is -0.496 e. The number of hydrogen-bond acceptors (Lipinski definition) is 13. The number of likely N-dealkylation sites (N-methyl/N-ethyl adjacent to an activating group) is 1. The van der Waals surface area contributed by atoms with Gasteiger partial charge in [0.15, 0.2) is 11.6 Å². The number of piperidine rings is 1. The molecule has 1 saturated carbocycles. The molecule has 17 heteroatoms. The van der Waals surface area contributed by atoms with E-state index >= 15 is 0 Å². The Hall–Kier alpha value is -5.78. The number of Topliss-reactive ketones (excluding diaryl/α,β-unsaturated/α-hetero) is 1. The molecule has 3 aliphatic heterocycles. The molecule has 4 aliphatic rings. The number of fused-ring (bicyclic) bond motifs is 2. The van der Waals surface area contributed by atoms with Gasteiger partial charge < -0.3 is 39.0 Å². The predicted octanol–water partition coefficient (Wildman–Crippen LogP) is 5.94. The number of ketones is 1. The summed E-state index contributed by atoms with van der Waals surface area (Å²) < 4.78 is 22.7. The van der Waals surface area contributed by atoms with Crippen LogP contribution in [0.4, 0.5) is 17.2 Å². The van der Waals surface area contributed by atoms with Crippen molar-refractivity contribution in [3.63, 3.8) is 0 Å². The van der Waals surface area contributed by atoms with Crippen LogP contribution in [0.1, 0.15) is 134 Å². The molecule has 17 nitrogen and oxygen atoms in total. The van der Waals surface area contributed by atoms with Crippen LogP contribution in [-0.4, -0.2) is 122 Å². The first kappa shape index (κ1) is 49.1. The third-order valence-corrected chi connectivity index (χ3v) is 13.2. The molecule has 0 spiro atoms. The van der Waals surface area contributed by atoms with Crippen molar-refractivity contribution in [2.24, 2.45) is 0 Å². The molecule has 0 bridgehead atoms. The highest BCUT2D eigenvalue weighted by atomic mass is 16.5. The first-order valence-corrected chi connectivity index (χ1v) is 24.0. The van der Waals surface area contributed by atoms with Crippen LogP contribution < -0.4 is 25.2 Å². The van der Waals surface area contributed by atoms with Gasteiger partial charge in [0.05, 0.1) is 39.7 Å². The van der Waals surface area contributed by atoms with Crippen molar-refractivity contribution in [2.45, 2.75) is 128 Å². The van der Waals surface area contributed by atoms with Gasteiger partial charge in [0.2, 0.25) is 23.6 Å². The maximum absolute atomic E-state index is 13.3. The van der Waals surface area contributed by atoms with E-state index in [2.05, 4.69) is 27.4 Å². The van der Waals surface area contributed by atoms with Crippen LogP contribution in [0, 0.1) is 0 Å². The van der Waals surface area contributed by atoms with Crippen molar-refractivity contribution in [1.29, 1.82) is 0 Å². The summed E-state index contributed by atoms with van der Waals surface area (Å²) in [6.07, 6.45) is 12.4. The maximum Gasteiger partial charge on any atom is 0.255 e. The minimum absolute atomic E-state index is 0.0104. The van der Waals surface area contributed by atoms with Crippen LogP contribution in [0.5, 0.6) is 5.75 Å². The van der Waals surface area contributed by atoms with Gasteiger partial charge in [-0.15, -0.1) is 0 Å². The second-order valence-electron chi connectivity index (χ2n) is 17.7. The van der Waals surface area contributed by atoms with E-state index < -0.39 is 11.9 Å². The smallest absolute Gasteiger partial charge is 0.255 e. The summed E-state index contributed by atoms with van der Waals surface area (Å²) >= 11 is 0. The molecule has 1 unspecified atom stereocenters. The van der Waals surface area contributed by atoms with Gasteiger partial charge in [-0.3, -0.25) is 34.1 Å². The molecule has 2 atom stereocenters. The summed E-state index contributed by atoms with van der Waals surface area (Å²) in [5, 5.41) is 5.25. The molecule has 67 heavy (non-hydrogen) atoms. The Bertz CT molecular complexity index is 2270. The summed E-state index contributed by atoms with van der Waals surface area (Å²) in [6, 6.07) is 10.0. The van der Waals surface area contributed by atoms with Gasteiger partial charge in [-0.2, -0.15) is 0 Å². The van der Waals surface area contributed by atoms with Crippen LogP contribution in [-0.2, 0) is 46.4 Å². The Morgan fingerprint density at radius 2 is 1.60 bits per heavy atom. The van der Waals surface area contributed by atoms with E-state index in [4.69, 9.17) is 23.9 Å². The van der Waals surface area contributed by atoms with Crippen LogP contribution in [0.15, 0.2) is 42.6 Å². The van der Waals surface area contributed by atoms with Gasteiger partial charge in [-0.1, -0.05) is 50.8 Å². The second kappa shape index (κ2) is 23.8. The summed E-state index contributed by atoms with van der Waals surface area (Å²) in [5.41, 5.74) is 3.91. The molecule has 1 aliphatic carbocycles. The van der Waals surface area contributed by atoms with Crippen molar-refractivity contribution in [3.05, 3.63) is 70.7 Å². The fourth-order valence-corrected chi connectivity index (χ4v) is 9.52. The van der Waals surface area contributed by atoms with Gasteiger partial charge in [0.1, 0.15) is 29.3 Å². The molecular weight excluding hydrogens is 859 g/mol. The molecule has 2 fully saturated rings. The number of unbranched alkanes of at least 4 members (excludes halogenated alkanes) is 3. The zero-order valence-electron chi connectivity index (χ0n) is 39.1. The Balaban J connectivity index is 0.713. The van der Waals surface area contributed by atoms with Crippen LogP contribution >= 0.6 is 0 Å². The van der Waals surface area contributed by atoms with Crippen molar-refractivity contribution >= 4 is 52.5 Å². The third kappa shape index (κ3) is 12.2. The molecule has 2 aromatic carbocycles. The molecule has 1 aromatic heterocycles. The number of hydrogen-bond donors (Lipinski definition) is 2. The van der Waals surface area contributed by atoms with Crippen LogP contribution in [0.3, 0.4) is 0 Å². The summed E-state index contributed by atoms with van der Waals surface area (Å²) in [7, 11) is 3.40. The van der Waals surface area contributed by atoms with Crippen LogP contribution in [0.2, 0.25) is 0 Å². The van der Waals surface area contributed by atoms with Crippen molar-refractivity contribution in [3.8, 4) is 5.75 Å². The fraction of sp³-hybridized carbons (Fsp3) is 0.560. The van der Waals surface area contributed by atoms with Gasteiger partial charge >= 0.3 is 0 Å². The van der Waals surface area contributed by atoms with Gasteiger partial charge in [0.25, 0.3) is 5.91 Å². The van der Waals surface area contributed by atoms with E-state index in [-0.39, 0.29) is 54.8 Å². The lowest BCUT2D eigenvalue weighted by Crippen LogP contribution is -2.55. The molecule has 360 valence electrons. The quantitative estimate of drug-likeness (QED) is 0.0576. The Morgan fingerprint density at radius 3 is 2.33 bits per heavy atom. The fourth-order valence-electron chi connectivity index (χ4n) is 9.52. The third-order valence-electron chi connectivity index (χ3n) is 13.2. The summed E-state index contributed by atoms with van der Waals surface area (Å²) in [5.74, 6) is 0.942. The molecule has 3 aromatic rings. The second-order valence-corrected chi connectivity index (χ2v) is 17.7. The highest BCUT2D eigenvalue weighted by Crippen LogP contribution is 2.40. The van der Waals surface area contributed by atoms with E-state index in [1.165, 1.54) is 4.90 Å². The zero-order valence-corrected chi connectivity index (χ0v) is 39.1. The largest absolute Gasteiger partial charge is 0.496 e. The molecule has 2 N–H and O–H groups in total.